The summed E-state index contributed by atoms with van der Waals surface area (Å²) in [7, 11) is 1.65. The number of carbonyl (C=O) groups is 2. The van der Waals surface area contributed by atoms with E-state index in [0.717, 1.165) is 16.5 Å². The summed E-state index contributed by atoms with van der Waals surface area (Å²) in [4.78, 5) is 26.3. The zero-order valence-electron chi connectivity index (χ0n) is 13.9. The van der Waals surface area contributed by atoms with Crippen molar-refractivity contribution in [1.29, 1.82) is 0 Å². The molecule has 2 N–H and O–H groups in total. The van der Waals surface area contributed by atoms with Crippen LogP contribution in [0.2, 0.25) is 0 Å². The fraction of sp³-hybridized carbons (Fsp3) is 0.0500. The van der Waals surface area contributed by atoms with Crippen LogP contribution < -0.4 is 10.3 Å². The van der Waals surface area contributed by atoms with Crippen LogP contribution in [0, 0.1) is 0 Å². The van der Waals surface area contributed by atoms with Crippen molar-refractivity contribution in [3.05, 3.63) is 71.8 Å². The number of carbonyl (C=O) groups excluding carboxylic acids is 2. The third-order valence-corrected chi connectivity index (χ3v) is 4.41. The Labute approximate surface area is 149 Å². The molecule has 1 aliphatic heterocycles. The van der Waals surface area contributed by atoms with Crippen molar-refractivity contribution in [3.63, 3.8) is 0 Å². The summed E-state index contributed by atoms with van der Waals surface area (Å²) < 4.78 is 0. The number of hydrogen-bond acceptors (Lipinski definition) is 4. The number of phenolic OH excluding ortho intramolecular Hbond substituents is 1. The molecule has 1 heterocycles. The molecule has 3 aromatic carbocycles. The SMILES string of the molecule is CN1C(=O)/C(=N\NC(=O)c2cc3ccccc3cc2O)c2ccccc21. The fourth-order valence-corrected chi connectivity index (χ4v) is 3.03. The number of anilines is 1. The minimum Gasteiger partial charge on any atom is -0.507 e. The van der Waals surface area contributed by atoms with Crippen LogP contribution in [-0.4, -0.2) is 29.7 Å². The topological polar surface area (TPSA) is 82.0 Å². The number of amides is 2. The number of nitrogens with one attached hydrogen (secondary N) is 1. The van der Waals surface area contributed by atoms with Crippen LogP contribution in [0.1, 0.15) is 15.9 Å². The van der Waals surface area contributed by atoms with Crippen LogP contribution in [0.25, 0.3) is 10.8 Å². The van der Waals surface area contributed by atoms with Crippen molar-refractivity contribution in [2.75, 3.05) is 11.9 Å². The summed E-state index contributed by atoms with van der Waals surface area (Å²) in [5.74, 6) is -1.02. The second kappa shape index (κ2) is 6.00. The van der Waals surface area contributed by atoms with Gasteiger partial charge in [-0.3, -0.25) is 9.59 Å². The zero-order valence-corrected chi connectivity index (χ0v) is 13.9. The first kappa shape index (κ1) is 15.8. The van der Waals surface area contributed by atoms with Crippen LogP contribution in [-0.2, 0) is 4.79 Å². The van der Waals surface area contributed by atoms with Crippen LogP contribution in [0.5, 0.6) is 5.75 Å². The van der Waals surface area contributed by atoms with Gasteiger partial charge >= 0.3 is 0 Å². The van der Waals surface area contributed by atoms with Crippen LogP contribution in [0.4, 0.5) is 5.69 Å². The van der Waals surface area contributed by atoms with E-state index in [-0.39, 0.29) is 22.9 Å². The Hall–Kier alpha value is -3.67. The van der Waals surface area contributed by atoms with E-state index in [1.54, 1.807) is 25.2 Å². The van der Waals surface area contributed by atoms with Gasteiger partial charge in [-0.15, -0.1) is 0 Å². The van der Waals surface area contributed by atoms with Crippen molar-refractivity contribution in [2.45, 2.75) is 0 Å². The lowest BCUT2D eigenvalue weighted by molar-refractivity contribution is -0.111. The lowest BCUT2D eigenvalue weighted by Gasteiger charge is -2.07. The van der Waals surface area contributed by atoms with Gasteiger partial charge in [-0.05, 0) is 29.0 Å². The Morgan fingerprint density at radius 1 is 1.04 bits per heavy atom. The van der Waals surface area contributed by atoms with Gasteiger partial charge in [0.1, 0.15) is 5.75 Å². The maximum absolute atomic E-state index is 12.5. The number of benzene rings is 3. The van der Waals surface area contributed by atoms with E-state index in [1.165, 1.54) is 11.0 Å². The highest BCUT2D eigenvalue weighted by molar-refractivity contribution is 6.54. The van der Waals surface area contributed by atoms with Crippen molar-refractivity contribution in [1.82, 2.24) is 5.43 Å². The van der Waals surface area contributed by atoms with Gasteiger partial charge < -0.3 is 10.0 Å². The summed E-state index contributed by atoms with van der Waals surface area (Å²) >= 11 is 0. The Morgan fingerprint density at radius 3 is 2.46 bits per heavy atom. The molecule has 2 amide bonds. The molecule has 0 saturated carbocycles. The molecular weight excluding hydrogens is 330 g/mol. The fourth-order valence-electron chi connectivity index (χ4n) is 3.03. The van der Waals surface area contributed by atoms with E-state index >= 15 is 0 Å². The minimum atomic E-state index is -0.583. The standard InChI is InChI=1S/C20H15N3O3/c1-23-16-9-5-4-8-14(16)18(20(23)26)21-22-19(25)15-10-12-6-2-3-7-13(12)11-17(15)24/h2-11,24H,1H3,(H,22,25)/b21-18-. The number of likely N-dealkylation sites (N-methyl/N-ethyl adjacent to an activating group) is 1. The number of hydrazone groups is 1. The van der Waals surface area contributed by atoms with E-state index in [4.69, 9.17) is 0 Å². The summed E-state index contributed by atoms with van der Waals surface area (Å²) in [6.45, 7) is 0. The van der Waals surface area contributed by atoms with Gasteiger partial charge in [0, 0.05) is 12.6 Å². The quantitative estimate of drug-likeness (QED) is 0.701. The van der Waals surface area contributed by atoms with Gasteiger partial charge in [0.15, 0.2) is 5.71 Å². The maximum Gasteiger partial charge on any atom is 0.279 e. The van der Waals surface area contributed by atoms with Gasteiger partial charge in [-0.1, -0.05) is 42.5 Å². The van der Waals surface area contributed by atoms with E-state index in [9.17, 15) is 14.7 Å². The molecule has 0 atom stereocenters. The monoisotopic (exact) mass is 345 g/mol. The summed E-state index contributed by atoms with van der Waals surface area (Å²) in [5.41, 5.74) is 4.03. The third kappa shape index (κ3) is 2.48. The molecule has 6 heteroatoms. The highest BCUT2D eigenvalue weighted by Crippen LogP contribution is 2.28. The number of rotatable bonds is 2. The summed E-state index contributed by atoms with van der Waals surface area (Å²) in [5, 5.41) is 15.8. The minimum absolute atomic E-state index is 0.0973. The molecule has 6 nitrogen and oxygen atoms in total. The average molecular weight is 345 g/mol. The molecule has 0 aliphatic carbocycles. The maximum atomic E-state index is 12.5. The largest absolute Gasteiger partial charge is 0.507 e. The Balaban J connectivity index is 1.66. The van der Waals surface area contributed by atoms with Gasteiger partial charge in [0.05, 0.1) is 11.3 Å². The van der Waals surface area contributed by atoms with E-state index in [0.29, 0.717) is 5.56 Å². The number of nitrogens with zero attached hydrogens (tertiary/aromatic N) is 2. The molecule has 0 aromatic heterocycles. The second-order valence-corrected chi connectivity index (χ2v) is 6.00. The molecule has 0 unspecified atom stereocenters. The highest BCUT2D eigenvalue weighted by atomic mass is 16.3. The highest BCUT2D eigenvalue weighted by Gasteiger charge is 2.31. The van der Waals surface area contributed by atoms with Crippen molar-refractivity contribution in [2.24, 2.45) is 5.10 Å². The number of para-hydroxylation sites is 1. The smallest absolute Gasteiger partial charge is 0.279 e. The van der Waals surface area contributed by atoms with Gasteiger partial charge in [0.25, 0.3) is 11.8 Å². The molecule has 0 bridgehead atoms. The molecule has 0 spiro atoms. The van der Waals surface area contributed by atoms with Crippen LogP contribution in [0.3, 0.4) is 0 Å². The summed E-state index contributed by atoms with van der Waals surface area (Å²) in [6, 6.07) is 17.7. The number of fused-ring (bicyclic) bond motifs is 2. The molecule has 0 radical (unpaired) electrons. The van der Waals surface area contributed by atoms with Crippen molar-refractivity contribution >= 4 is 34.0 Å². The number of aromatic hydroxyl groups is 1. The Morgan fingerprint density at radius 2 is 1.69 bits per heavy atom. The average Bonchev–Trinajstić information content (AvgIpc) is 2.90. The first-order valence-electron chi connectivity index (χ1n) is 8.03. The zero-order chi connectivity index (χ0) is 18.3. The van der Waals surface area contributed by atoms with Gasteiger partial charge in [-0.2, -0.15) is 5.10 Å². The number of phenols is 1. The first-order chi connectivity index (χ1) is 12.6. The van der Waals surface area contributed by atoms with Crippen LogP contribution >= 0.6 is 0 Å². The van der Waals surface area contributed by atoms with Crippen LogP contribution in [0.15, 0.2) is 65.8 Å². The predicted octanol–water partition coefficient (Wildman–Crippen LogP) is 2.66. The molecule has 0 fully saturated rings. The third-order valence-electron chi connectivity index (χ3n) is 4.41. The molecule has 26 heavy (non-hydrogen) atoms. The molecule has 1 aliphatic rings. The van der Waals surface area contributed by atoms with Gasteiger partial charge in [-0.25, -0.2) is 5.43 Å². The van der Waals surface area contributed by atoms with Crippen molar-refractivity contribution < 1.29 is 14.7 Å². The molecule has 3 aromatic rings. The first-order valence-corrected chi connectivity index (χ1v) is 8.03. The second-order valence-electron chi connectivity index (χ2n) is 6.00. The molecule has 128 valence electrons. The predicted molar refractivity (Wildman–Crippen MR) is 99.5 cm³/mol. The molecule has 0 saturated heterocycles. The Kier molecular flexibility index (Phi) is 3.65. The summed E-state index contributed by atoms with van der Waals surface area (Å²) in [6.07, 6.45) is 0. The number of hydrogen-bond donors (Lipinski definition) is 2. The lowest BCUT2D eigenvalue weighted by Crippen LogP contribution is -2.28. The molecule has 4 rings (SSSR count). The van der Waals surface area contributed by atoms with Crippen molar-refractivity contribution in [3.8, 4) is 5.75 Å². The normalized spacial score (nSPS) is 14.7. The van der Waals surface area contributed by atoms with Gasteiger partial charge in [0.2, 0.25) is 0 Å². The lowest BCUT2D eigenvalue weighted by atomic mass is 10.1. The van der Waals surface area contributed by atoms with E-state index in [2.05, 4.69) is 10.5 Å². The van der Waals surface area contributed by atoms with E-state index < -0.39 is 5.91 Å². The Bertz CT molecular complexity index is 1090. The molecular formula is C20H15N3O3. The van der Waals surface area contributed by atoms with E-state index in [1.807, 2.05) is 36.4 Å².